The van der Waals surface area contributed by atoms with Crippen LogP contribution >= 0.6 is 0 Å². The van der Waals surface area contributed by atoms with Gasteiger partial charge in [-0.25, -0.2) is 0 Å². The summed E-state index contributed by atoms with van der Waals surface area (Å²) in [4.78, 5) is 0. The predicted molar refractivity (Wildman–Crippen MR) is 414 cm³/mol. The van der Waals surface area contributed by atoms with Gasteiger partial charge in [-0.05, 0) is 228 Å². The zero-order chi connectivity index (χ0) is 63.2. The van der Waals surface area contributed by atoms with Crippen LogP contribution in [0.15, 0.2) is 352 Å². The minimum Gasteiger partial charge on any atom is -0.0842 e. The van der Waals surface area contributed by atoms with Gasteiger partial charge in [0.15, 0.2) is 0 Å². The summed E-state index contributed by atoms with van der Waals surface area (Å²) in [6, 6.07) is 125. The molecule has 0 fully saturated rings. The Hall–Kier alpha value is -12.2. The van der Waals surface area contributed by atoms with Crippen molar-refractivity contribution < 1.29 is 0 Å². The van der Waals surface area contributed by atoms with Crippen molar-refractivity contribution in [3.63, 3.8) is 0 Å². The van der Waals surface area contributed by atoms with E-state index in [1.807, 2.05) is 0 Å². The minimum atomic E-state index is 1.09. The van der Waals surface area contributed by atoms with Gasteiger partial charge in [0.05, 0.1) is 0 Å². The van der Waals surface area contributed by atoms with E-state index in [4.69, 9.17) is 0 Å². The Morgan fingerprint density at radius 2 is 0.490 bits per heavy atom. The lowest BCUT2D eigenvalue weighted by molar-refractivity contribution is 1.05. The Morgan fingerprint density at radius 3 is 1.00 bits per heavy atom. The van der Waals surface area contributed by atoms with E-state index >= 15 is 0 Å². The molecule has 0 nitrogen and oxygen atoms in total. The van der Waals surface area contributed by atoms with Gasteiger partial charge in [0.1, 0.15) is 0 Å². The standard InChI is InChI=1S/C96H62/c1-2-20-61(21-3-1)68-51-53-71-59-69(52-54-70(71)58-68)63-42-47-65(48-43-63)93-84-26-8-12-30-88(84)95(89-31-13-9-27-85(89)93)83-41-19-39-80-79(38-18-40-82(80)83)78-37-17-35-76-73(34-16-36-77(76)78)64-45-49-66(50-46-64)94-86-28-10-14-32-90(86)96(91-33-15-11-29-87(91)94)92-57-56-74(75-24-6-7-25-81(75)92)72-55-44-62-22-4-5-23-67(62)60-72/h1-2,4-20,22-60H,3,21H2. The maximum atomic E-state index is 2.36. The van der Waals surface area contributed by atoms with Gasteiger partial charge in [0.25, 0.3) is 0 Å². The van der Waals surface area contributed by atoms with Crippen molar-refractivity contribution in [2.75, 3.05) is 0 Å². The third-order valence-electron chi connectivity index (χ3n) is 20.7. The fourth-order valence-corrected chi connectivity index (χ4v) is 16.3. The summed E-state index contributed by atoms with van der Waals surface area (Å²) < 4.78 is 0. The molecule has 1 aliphatic carbocycles. The molecule has 0 atom stereocenters. The summed E-state index contributed by atoms with van der Waals surface area (Å²) in [5.74, 6) is 0. The average Bonchev–Trinajstić information content (AvgIpc) is 0.735. The van der Waals surface area contributed by atoms with E-state index < -0.39 is 0 Å². The molecule has 19 rings (SSSR count). The minimum absolute atomic E-state index is 1.09. The van der Waals surface area contributed by atoms with Crippen molar-refractivity contribution in [2.24, 2.45) is 0 Å². The first-order valence-electron chi connectivity index (χ1n) is 33.7. The van der Waals surface area contributed by atoms with Crippen molar-refractivity contribution in [1.82, 2.24) is 0 Å². The number of hydrogen-bond acceptors (Lipinski definition) is 0. The van der Waals surface area contributed by atoms with Gasteiger partial charge in [-0.3, -0.25) is 0 Å². The van der Waals surface area contributed by atoms with Crippen LogP contribution in [0.5, 0.6) is 0 Å². The van der Waals surface area contributed by atoms with E-state index in [2.05, 4.69) is 352 Å². The van der Waals surface area contributed by atoms with Crippen LogP contribution in [0.4, 0.5) is 0 Å². The molecule has 0 aliphatic heterocycles. The van der Waals surface area contributed by atoms with Crippen LogP contribution in [0, 0.1) is 0 Å². The van der Waals surface area contributed by atoms with Crippen molar-refractivity contribution >= 4 is 103 Å². The van der Waals surface area contributed by atoms with Gasteiger partial charge in [0.2, 0.25) is 0 Å². The molecule has 0 radical (unpaired) electrons. The summed E-state index contributed by atoms with van der Waals surface area (Å²) in [6.45, 7) is 0. The number of allylic oxidation sites excluding steroid dienone is 4. The number of rotatable bonds is 9. The molecule has 0 spiro atoms. The molecule has 0 heteroatoms. The summed E-state index contributed by atoms with van der Waals surface area (Å²) >= 11 is 0. The highest BCUT2D eigenvalue weighted by Gasteiger charge is 2.23. The molecule has 18 aromatic rings. The SMILES string of the molecule is C1=CCCC(c2ccc3cc(-c4ccc(-c5c6ccccc6c(-c6cccc7c(-c8cccc9c(-c%10ccc(-c%11c%12ccccc%12c(-c%12ccc(-c%13ccc%14ccccc%14c%13)c%13ccccc%12%13)c%12ccccc%11%12)cc%10)cccc89)cccc67)c6ccccc56)cc4)ccc3c2)=C1. The summed E-state index contributed by atoms with van der Waals surface area (Å²) in [6.07, 6.45) is 8.90. The molecule has 1 aliphatic rings. The van der Waals surface area contributed by atoms with Crippen molar-refractivity contribution in [3.8, 4) is 89.0 Å². The van der Waals surface area contributed by atoms with Crippen molar-refractivity contribution in [3.05, 3.63) is 357 Å². The highest BCUT2D eigenvalue weighted by atomic mass is 14.3. The topological polar surface area (TPSA) is 0 Å². The molecule has 0 amide bonds. The molecule has 0 aromatic heterocycles. The molecule has 0 heterocycles. The van der Waals surface area contributed by atoms with Gasteiger partial charge >= 0.3 is 0 Å². The number of fused-ring (bicyclic) bond motifs is 9. The second-order valence-corrected chi connectivity index (χ2v) is 26.0. The zero-order valence-electron chi connectivity index (χ0n) is 52.9. The van der Waals surface area contributed by atoms with E-state index in [1.54, 1.807) is 0 Å². The van der Waals surface area contributed by atoms with Crippen molar-refractivity contribution in [1.29, 1.82) is 0 Å². The Balaban J connectivity index is 0.673. The second-order valence-electron chi connectivity index (χ2n) is 26.0. The van der Waals surface area contributed by atoms with Gasteiger partial charge in [0, 0.05) is 0 Å². The number of benzene rings is 18. The number of hydrogen-bond donors (Lipinski definition) is 0. The first-order valence-corrected chi connectivity index (χ1v) is 33.7. The summed E-state index contributed by atoms with van der Waals surface area (Å²) in [7, 11) is 0. The zero-order valence-corrected chi connectivity index (χ0v) is 52.9. The Labute approximate surface area is 558 Å². The Bertz CT molecular complexity index is 6180. The van der Waals surface area contributed by atoms with E-state index in [9.17, 15) is 0 Å². The normalized spacial score (nSPS) is 12.5. The lowest BCUT2D eigenvalue weighted by atomic mass is 9.83. The van der Waals surface area contributed by atoms with Crippen LogP contribution in [0.25, 0.3) is 192 Å². The van der Waals surface area contributed by atoms with Gasteiger partial charge in [-0.1, -0.05) is 334 Å². The molecule has 96 heavy (non-hydrogen) atoms. The molecule has 446 valence electrons. The van der Waals surface area contributed by atoms with Crippen LogP contribution in [0.2, 0.25) is 0 Å². The van der Waals surface area contributed by atoms with Crippen LogP contribution in [-0.4, -0.2) is 0 Å². The first kappa shape index (κ1) is 55.4. The summed E-state index contributed by atoms with van der Waals surface area (Å²) in [5.41, 5.74) is 22.4. The smallest absolute Gasteiger partial charge is 0.00201 e. The maximum Gasteiger partial charge on any atom is -0.00201 e. The molecular formula is C96H62. The Morgan fingerprint density at radius 1 is 0.177 bits per heavy atom. The van der Waals surface area contributed by atoms with Crippen molar-refractivity contribution in [2.45, 2.75) is 12.8 Å². The highest BCUT2D eigenvalue weighted by Crippen LogP contribution is 2.50. The Kier molecular flexibility index (Phi) is 13.2. The molecule has 18 aromatic carbocycles. The molecule has 0 unspecified atom stereocenters. The van der Waals surface area contributed by atoms with Gasteiger partial charge < -0.3 is 0 Å². The molecule has 0 N–H and O–H groups in total. The average molecular weight is 1220 g/mol. The van der Waals surface area contributed by atoms with E-state index in [1.165, 1.54) is 197 Å². The molecule has 0 bridgehead atoms. The fourth-order valence-electron chi connectivity index (χ4n) is 16.3. The first-order chi connectivity index (χ1) is 47.6. The summed E-state index contributed by atoms with van der Waals surface area (Å²) in [5, 5.41) is 22.4. The van der Waals surface area contributed by atoms with Gasteiger partial charge in [-0.15, -0.1) is 0 Å². The third-order valence-corrected chi connectivity index (χ3v) is 20.7. The van der Waals surface area contributed by atoms with Crippen LogP contribution in [0.3, 0.4) is 0 Å². The monoisotopic (exact) mass is 1210 g/mol. The largest absolute Gasteiger partial charge is 0.0842 e. The van der Waals surface area contributed by atoms with E-state index in [-0.39, 0.29) is 0 Å². The molecule has 0 saturated heterocycles. The van der Waals surface area contributed by atoms with E-state index in [0.29, 0.717) is 0 Å². The van der Waals surface area contributed by atoms with E-state index in [0.717, 1.165) is 12.8 Å². The lowest BCUT2D eigenvalue weighted by Gasteiger charge is -2.20. The predicted octanol–water partition coefficient (Wildman–Crippen LogP) is 27.1. The molecular weight excluding hydrogens is 1150 g/mol. The van der Waals surface area contributed by atoms with Crippen LogP contribution in [0.1, 0.15) is 18.4 Å². The second kappa shape index (κ2) is 22.8. The quantitative estimate of drug-likeness (QED) is 0.126. The van der Waals surface area contributed by atoms with Crippen LogP contribution < -0.4 is 0 Å². The third kappa shape index (κ3) is 9.13. The maximum absolute atomic E-state index is 2.36. The van der Waals surface area contributed by atoms with Crippen LogP contribution in [-0.2, 0) is 0 Å². The highest BCUT2D eigenvalue weighted by molar-refractivity contribution is 6.26. The lowest BCUT2D eigenvalue weighted by Crippen LogP contribution is -1.93. The van der Waals surface area contributed by atoms with Gasteiger partial charge in [-0.2, -0.15) is 0 Å². The molecule has 0 saturated carbocycles. The fraction of sp³-hybridized carbons (Fsp3) is 0.0208.